The van der Waals surface area contributed by atoms with E-state index in [1.54, 1.807) is 12.1 Å². The van der Waals surface area contributed by atoms with Crippen molar-refractivity contribution in [2.45, 2.75) is 38.1 Å². The molecular formula is C23H25Cl2FN2O. The fraction of sp³-hybridized carbons (Fsp3) is 0.435. The maximum atomic E-state index is 13.7. The minimum Gasteiger partial charge on any atom is -0.335 e. The largest absolute Gasteiger partial charge is 0.335 e. The van der Waals surface area contributed by atoms with Crippen molar-refractivity contribution in [2.24, 2.45) is 5.92 Å². The van der Waals surface area contributed by atoms with E-state index in [1.165, 1.54) is 6.07 Å². The Labute approximate surface area is 181 Å². The van der Waals surface area contributed by atoms with Gasteiger partial charge in [-0.1, -0.05) is 29.3 Å². The van der Waals surface area contributed by atoms with Gasteiger partial charge in [-0.3, -0.25) is 4.79 Å². The van der Waals surface area contributed by atoms with Crippen molar-refractivity contribution in [3.63, 3.8) is 0 Å². The van der Waals surface area contributed by atoms with E-state index in [1.807, 2.05) is 30.0 Å². The molecule has 154 valence electrons. The van der Waals surface area contributed by atoms with Crippen LogP contribution in [0.1, 0.15) is 47.9 Å². The first-order valence-corrected chi connectivity index (χ1v) is 10.9. The first-order chi connectivity index (χ1) is 13.9. The molecule has 2 aliphatic rings. The monoisotopic (exact) mass is 434 g/mol. The predicted molar refractivity (Wildman–Crippen MR) is 115 cm³/mol. The first-order valence-electron chi connectivity index (χ1n) is 10.2. The molecule has 0 saturated carbocycles. The van der Waals surface area contributed by atoms with E-state index in [-0.39, 0.29) is 29.6 Å². The second-order valence-electron chi connectivity index (χ2n) is 8.10. The Hall–Kier alpha value is -1.62. The molecule has 0 aliphatic carbocycles. The minimum absolute atomic E-state index is 0.00329. The molecule has 3 nitrogen and oxygen atoms in total. The highest BCUT2D eigenvalue weighted by Gasteiger charge is 2.39. The average molecular weight is 435 g/mol. The molecule has 4 rings (SSSR count). The van der Waals surface area contributed by atoms with Crippen LogP contribution in [0.2, 0.25) is 10.0 Å². The van der Waals surface area contributed by atoms with E-state index >= 15 is 0 Å². The summed E-state index contributed by atoms with van der Waals surface area (Å²) in [6, 6.07) is 10.4. The third-order valence-corrected chi connectivity index (χ3v) is 6.67. The molecule has 2 aromatic carbocycles. The van der Waals surface area contributed by atoms with Gasteiger partial charge in [0.25, 0.3) is 0 Å². The minimum atomic E-state index is -0.240. The number of nitrogens with zero attached hydrogens (tertiary/aromatic N) is 1. The molecule has 29 heavy (non-hydrogen) atoms. The van der Waals surface area contributed by atoms with E-state index < -0.39 is 0 Å². The van der Waals surface area contributed by atoms with Crippen molar-refractivity contribution in [3.05, 3.63) is 69.0 Å². The van der Waals surface area contributed by atoms with E-state index in [0.717, 1.165) is 55.6 Å². The lowest BCUT2D eigenvalue weighted by Crippen LogP contribution is -2.45. The normalized spacial score (nSPS) is 24.7. The Morgan fingerprint density at radius 2 is 1.90 bits per heavy atom. The quantitative estimate of drug-likeness (QED) is 0.691. The third kappa shape index (κ3) is 4.30. The molecule has 2 heterocycles. The molecule has 0 radical (unpaired) electrons. The van der Waals surface area contributed by atoms with Crippen molar-refractivity contribution in [3.8, 4) is 0 Å². The summed E-state index contributed by atoms with van der Waals surface area (Å²) >= 11 is 12.4. The van der Waals surface area contributed by atoms with Crippen LogP contribution in [0.5, 0.6) is 0 Å². The maximum absolute atomic E-state index is 13.7. The number of piperidine rings is 1. The molecule has 3 unspecified atom stereocenters. The van der Waals surface area contributed by atoms with Crippen LogP contribution in [0.15, 0.2) is 36.4 Å². The molecular weight excluding hydrogens is 410 g/mol. The van der Waals surface area contributed by atoms with Gasteiger partial charge in [-0.2, -0.15) is 0 Å². The number of amides is 1. The van der Waals surface area contributed by atoms with Crippen LogP contribution in [0, 0.1) is 18.7 Å². The van der Waals surface area contributed by atoms with Crippen LogP contribution < -0.4 is 5.32 Å². The molecule has 3 atom stereocenters. The van der Waals surface area contributed by atoms with Crippen molar-refractivity contribution in [1.82, 2.24) is 10.2 Å². The fourth-order valence-electron chi connectivity index (χ4n) is 4.89. The first kappa shape index (κ1) is 20.6. The molecule has 2 fully saturated rings. The number of hydrogen-bond donors (Lipinski definition) is 1. The van der Waals surface area contributed by atoms with Crippen LogP contribution in [0.25, 0.3) is 0 Å². The van der Waals surface area contributed by atoms with Gasteiger partial charge in [0, 0.05) is 35.0 Å². The summed E-state index contributed by atoms with van der Waals surface area (Å²) in [5.74, 6) is -0.133. The predicted octanol–water partition coefficient (Wildman–Crippen LogP) is 5.50. The zero-order chi connectivity index (χ0) is 20.5. The maximum Gasteiger partial charge on any atom is 0.226 e. The van der Waals surface area contributed by atoms with Crippen LogP contribution in [-0.2, 0) is 4.79 Å². The zero-order valence-electron chi connectivity index (χ0n) is 16.4. The Morgan fingerprint density at radius 1 is 1.14 bits per heavy atom. The highest BCUT2D eigenvalue weighted by Crippen LogP contribution is 2.39. The van der Waals surface area contributed by atoms with E-state index in [2.05, 4.69) is 5.32 Å². The van der Waals surface area contributed by atoms with Crippen molar-refractivity contribution >= 4 is 29.1 Å². The Balaban J connectivity index is 1.62. The van der Waals surface area contributed by atoms with E-state index in [9.17, 15) is 9.18 Å². The van der Waals surface area contributed by atoms with Gasteiger partial charge < -0.3 is 10.2 Å². The number of nitrogens with one attached hydrogen (secondary N) is 1. The molecule has 2 saturated heterocycles. The summed E-state index contributed by atoms with van der Waals surface area (Å²) in [4.78, 5) is 15.7. The fourth-order valence-corrected chi connectivity index (χ4v) is 5.44. The highest BCUT2D eigenvalue weighted by atomic mass is 35.5. The van der Waals surface area contributed by atoms with Gasteiger partial charge in [-0.25, -0.2) is 4.39 Å². The number of benzene rings is 2. The highest BCUT2D eigenvalue weighted by molar-refractivity contribution is 6.34. The number of carbonyl (C=O) groups is 1. The number of likely N-dealkylation sites (tertiary alicyclic amines) is 1. The number of aryl methyl sites for hydroxylation is 1. The Kier molecular flexibility index (Phi) is 6.14. The van der Waals surface area contributed by atoms with Gasteiger partial charge in [-0.05, 0) is 79.8 Å². The molecule has 2 aromatic rings. The topological polar surface area (TPSA) is 32.3 Å². The van der Waals surface area contributed by atoms with Crippen molar-refractivity contribution in [2.75, 3.05) is 19.6 Å². The summed E-state index contributed by atoms with van der Waals surface area (Å²) in [6.07, 6.45) is 2.65. The summed E-state index contributed by atoms with van der Waals surface area (Å²) in [7, 11) is 0. The van der Waals surface area contributed by atoms with E-state index in [4.69, 9.17) is 23.2 Å². The molecule has 0 aromatic heterocycles. The van der Waals surface area contributed by atoms with Gasteiger partial charge in [0.05, 0.1) is 6.04 Å². The lowest BCUT2D eigenvalue weighted by molar-refractivity contribution is -0.138. The summed E-state index contributed by atoms with van der Waals surface area (Å²) < 4.78 is 13.6. The SMILES string of the molecule is Cc1cc(F)ccc1C1CNCCC1C(=O)N1CCCC1c1cc(Cl)cc(Cl)c1. The number of hydrogen-bond acceptors (Lipinski definition) is 2. The lowest BCUT2D eigenvalue weighted by Gasteiger charge is -2.37. The van der Waals surface area contributed by atoms with Gasteiger partial charge >= 0.3 is 0 Å². The summed E-state index contributed by atoms with van der Waals surface area (Å²) in [6.45, 7) is 4.20. The second-order valence-corrected chi connectivity index (χ2v) is 8.97. The molecule has 1 amide bonds. The Morgan fingerprint density at radius 3 is 2.62 bits per heavy atom. The van der Waals surface area contributed by atoms with Crippen LogP contribution in [0.3, 0.4) is 0 Å². The molecule has 1 N–H and O–H groups in total. The van der Waals surface area contributed by atoms with Gasteiger partial charge in [-0.15, -0.1) is 0 Å². The van der Waals surface area contributed by atoms with Crippen LogP contribution >= 0.6 is 23.2 Å². The van der Waals surface area contributed by atoms with Gasteiger partial charge in [0.1, 0.15) is 5.82 Å². The number of halogens is 3. The van der Waals surface area contributed by atoms with Crippen LogP contribution in [-0.4, -0.2) is 30.4 Å². The molecule has 0 bridgehead atoms. The summed E-state index contributed by atoms with van der Waals surface area (Å²) in [5.41, 5.74) is 2.95. The Bertz CT molecular complexity index is 899. The molecule has 6 heteroatoms. The smallest absolute Gasteiger partial charge is 0.226 e. The second kappa shape index (κ2) is 8.63. The van der Waals surface area contributed by atoms with Crippen LogP contribution in [0.4, 0.5) is 4.39 Å². The number of carbonyl (C=O) groups excluding carboxylic acids is 1. The van der Waals surface area contributed by atoms with Gasteiger partial charge in [0.2, 0.25) is 5.91 Å². The van der Waals surface area contributed by atoms with Crippen molar-refractivity contribution in [1.29, 1.82) is 0 Å². The molecule has 2 aliphatic heterocycles. The molecule has 0 spiro atoms. The van der Waals surface area contributed by atoms with E-state index in [0.29, 0.717) is 10.0 Å². The third-order valence-electron chi connectivity index (χ3n) is 6.24. The van der Waals surface area contributed by atoms with Gasteiger partial charge in [0.15, 0.2) is 0 Å². The number of rotatable bonds is 3. The standard InChI is InChI=1S/C23H25Cl2FN2O/c1-14-9-18(26)4-5-19(14)21-13-27-7-6-20(21)23(29)28-8-2-3-22(28)15-10-16(24)12-17(25)11-15/h4-5,9-12,20-22,27H,2-3,6-8,13H2,1H3. The summed E-state index contributed by atoms with van der Waals surface area (Å²) in [5, 5.41) is 4.59. The van der Waals surface area contributed by atoms with Crippen molar-refractivity contribution < 1.29 is 9.18 Å². The zero-order valence-corrected chi connectivity index (χ0v) is 17.9. The average Bonchev–Trinajstić information content (AvgIpc) is 3.17. The lowest BCUT2D eigenvalue weighted by atomic mass is 9.79.